The van der Waals surface area contributed by atoms with E-state index in [-0.39, 0.29) is 5.91 Å². The van der Waals surface area contributed by atoms with Crippen molar-refractivity contribution >= 4 is 41.2 Å². The summed E-state index contributed by atoms with van der Waals surface area (Å²) in [5, 5.41) is 9.04. The molecule has 3 rings (SSSR count). The highest BCUT2D eigenvalue weighted by molar-refractivity contribution is 7.98. The Kier molecular flexibility index (Phi) is 11.0. The zero-order valence-electron chi connectivity index (χ0n) is 20.6. The van der Waals surface area contributed by atoms with Gasteiger partial charge in [0.1, 0.15) is 0 Å². The molecule has 3 aromatic rings. The Morgan fingerprint density at radius 1 is 0.971 bits per heavy atom. The summed E-state index contributed by atoms with van der Waals surface area (Å²) < 4.78 is 0. The lowest BCUT2D eigenvalue weighted by Crippen LogP contribution is -2.40. The first-order valence-electron chi connectivity index (χ1n) is 11.5. The number of hydrogen-bond acceptors (Lipinski definition) is 6. The topological polar surface area (TPSA) is 60.3 Å². The lowest BCUT2D eigenvalue weighted by Gasteiger charge is -2.17. The maximum absolute atomic E-state index is 12.7. The van der Waals surface area contributed by atoms with Crippen LogP contribution in [0.15, 0.2) is 82.9 Å². The Hall–Kier alpha value is -2.94. The van der Waals surface area contributed by atoms with Crippen LogP contribution in [-0.2, 0) is 23.5 Å². The average molecular weight is 508 g/mol. The van der Waals surface area contributed by atoms with Crippen molar-refractivity contribution in [2.45, 2.75) is 18.7 Å². The molecule has 1 amide bonds. The molecule has 0 spiro atoms. The smallest absolute Gasteiger partial charge is 0.231 e. The molecule has 1 aromatic heterocycles. The fraction of sp³-hybridized carbons (Fsp3) is 0.296. The molecule has 0 bridgehead atoms. The maximum Gasteiger partial charge on any atom is 0.231 e. The van der Waals surface area contributed by atoms with Crippen molar-refractivity contribution in [2.75, 3.05) is 33.4 Å². The van der Waals surface area contributed by atoms with E-state index in [9.17, 15) is 4.79 Å². The third kappa shape index (κ3) is 10.1. The van der Waals surface area contributed by atoms with Crippen molar-refractivity contribution in [3.63, 3.8) is 0 Å². The molecule has 0 aliphatic carbocycles. The standard InChI is InChI=1S/C27H33N5OS2/c1-31(2)20-24-14-15-25(35-24)21-34-17-16-28-27(30-26(33)18-22-10-6-4-7-11-22)32(3)29-19-23-12-8-5-9-13-23/h4-15,19H,16-18,20-21H2,1-3H3,(H,28,30,33). The minimum atomic E-state index is -0.114. The van der Waals surface area contributed by atoms with E-state index in [2.05, 4.69) is 46.5 Å². The summed E-state index contributed by atoms with van der Waals surface area (Å²) in [5.74, 6) is 2.15. The van der Waals surface area contributed by atoms with Crippen LogP contribution in [0.2, 0.25) is 0 Å². The van der Waals surface area contributed by atoms with Gasteiger partial charge in [-0.1, -0.05) is 60.7 Å². The molecule has 0 unspecified atom stereocenters. The molecule has 0 saturated carbocycles. The predicted molar refractivity (Wildman–Crippen MR) is 150 cm³/mol. The largest absolute Gasteiger partial charge is 0.304 e. The van der Waals surface area contributed by atoms with Gasteiger partial charge in [0.15, 0.2) is 0 Å². The highest BCUT2D eigenvalue weighted by atomic mass is 32.2. The van der Waals surface area contributed by atoms with Gasteiger partial charge < -0.3 is 4.90 Å². The van der Waals surface area contributed by atoms with Crippen LogP contribution in [0, 0.1) is 0 Å². The second-order valence-corrected chi connectivity index (χ2v) is 10.6. The summed E-state index contributed by atoms with van der Waals surface area (Å²) in [7, 11) is 5.97. The number of nitrogens with one attached hydrogen (secondary N) is 1. The summed E-state index contributed by atoms with van der Waals surface area (Å²) in [5.41, 5.74) is 1.94. The van der Waals surface area contributed by atoms with Crippen LogP contribution in [0.25, 0.3) is 0 Å². The quantitative estimate of drug-likeness (QED) is 0.177. The molecule has 0 aliphatic rings. The second-order valence-electron chi connectivity index (χ2n) is 8.25. The molecule has 1 N–H and O–H groups in total. The molecule has 0 fully saturated rings. The van der Waals surface area contributed by atoms with Crippen molar-refractivity contribution in [3.05, 3.63) is 93.7 Å². The van der Waals surface area contributed by atoms with Crippen LogP contribution < -0.4 is 5.32 Å². The Bertz CT molecular complexity index is 1100. The number of hydrazone groups is 1. The van der Waals surface area contributed by atoms with Gasteiger partial charge >= 0.3 is 0 Å². The van der Waals surface area contributed by atoms with Gasteiger partial charge in [-0.25, -0.2) is 5.01 Å². The highest BCUT2D eigenvalue weighted by Crippen LogP contribution is 2.22. The number of amides is 1. The van der Waals surface area contributed by atoms with Crippen LogP contribution in [0.1, 0.15) is 20.9 Å². The first-order chi connectivity index (χ1) is 17.0. The number of carbonyl (C=O) groups is 1. The second kappa shape index (κ2) is 14.5. The molecule has 6 nitrogen and oxygen atoms in total. The van der Waals surface area contributed by atoms with Crippen molar-refractivity contribution in [3.8, 4) is 0 Å². The van der Waals surface area contributed by atoms with Crippen molar-refractivity contribution in [1.82, 2.24) is 15.2 Å². The summed E-state index contributed by atoms with van der Waals surface area (Å²) in [6.07, 6.45) is 2.05. The third-order valence-electron chi connectivity index (χ3n) is 4.88. The summed E-state index contributed by atoms with van der Waals surface area (Å²) >= 11 is 3.71. The van der Waals surface area contributed by atoms with Gasteiger partial charge in [-0.05, 0) is 37.4 Å². The van der Waals surface area contributed by atoms with Gasteiger partial charge in [-0.2, -0.15) is 16.9 Å². The van der Waals surface area contributed by atoms with Gasteiger partial charge in [0.05, 0.1) is 19.2 Å². The fourth-order valence-corrected chi connectivity index (χ4v) is 5.28. The zero-order chi connectivity index (χ0) is 24.9. The molecular weight excluding hydrogens is 474 g/mol. The Morgan fingerprint density at radius 2 is 1.66 bits per heavy atom. The van der Waals surface area contributed by atoms with E-state index < -0.39 is 0 Å². The highest BCUT2D eigenvalue weighted by Gasteiger charge is 2.11. The monoisotopic (exact) mass is 507 g/mol. The molecule has 2 aromatic carbocycles. The number of aliphatic imine (C=N–C) groups is 1. The third-order valence-corrected chi connectivity index (χ3v) is 7.11. The van der Waals surface area contributed by atoms with Gasteiger partial charge in [0, 0.05) is 34.9 Å². The molecule has 35 heavy (non-hydrogen) atoms. The van der Waals surface area contributed by atoms with Gasteiger partial charge in [0.25, 0.3) is 0 Å². The van der Waals surface area contributed by atoms with Crippen molar-refractivity contribution < 1.29 is 4.79 Å². The van der Waals surface area contributed by atoms with Crippen LogP contribution >= 0.6 is 23.1 Å². The average Bonchev–Trinajstić information content (AvgIpc) is 3.29. The van der Waals surface area contributed by atoms with E-state index in [0.717, 1.165) is 29.2 Å². The number of benzene rings is 2. The number of thiophene rings is 1. The Balaban J connectivity index is 1.57. The maximum atomic E-state index is 12.7. The molecule has 0 radical (unpaired) electrons. The molecule has 0 atom stereocenters. The predicted octanol–water partition coefficient (Wildman–Crippen LogP) is 4.72. The zero-order valence-corrected chi connectivity index (χ0v) is 22.2. The number of guanidine groups is 1. The number of nitrogens with zero attached hydrogens (tertiary/aromatic N) is 4. The summed E-state index contributed by atoms with van der Waals surface area (Å²) in [4.78, 5) is 22.3. The SMILES string of the molecule is CN(C)Cc1ccc(CSCCN=C(NC(=O)Cc2ccccc2)N(C)N=Cc2ccccc2)s1. The van der Waals surface area contributed by atoms with E-state index in [0.29, 0.717) is 18.9 Å². The lowest BCUT2D eigenvalue weighted by molar-refractivity contribution is -0.119. The van der Waals surface area contributed by atoms with Crippen LogP contribution in [-0.4, -0.2) is 61.4 Å². The Morgan fingerprint density at radius 3 is 2.37 bits per heavy atom. The fourth-order valence-electron chi connectivity index (χ4n) is 3.21. The minimum absolute atomic E-state index is 0.114. The van der Waals surface area contributed by atoms with Crippen LogP contribution in [0.3, 0.4) is 0 Å². The number of thioether (sulfide) groups is 1. The number of carbonyl (C=O) groups excluding carboxylic acids is 1. The molecule has 184 valence electrons. The lowest BCUT2D eigenvalue weighted by atomic mass is 10.1. The first-order valence-corrected chi connectivity index (χ1v) is 13.5. The normalized spacial score (nSPS) is 11.8. The molecular formula is C27H33N5OS2. The minimum Gasteiger partial charge on any atom is -0.304 e. The van der Waals surface area contributed by atoms with E-state index in [1.165, 1.54) is 9.75 Å². The van der Waals surface area contributed by atoms with E-state index in [4.69, 9.17) is 0 Å². The summed E-state index contributed by atoms with van der Waals surface area (Å²) in [6, 6.07) is 24.0. The van der Waals surface area contributed by atoms with Gasteiger partial charge in [-0.15, -0.1) is 11.3 Å². The van der Waals surface area contributed by atoms with E-state index in [1.807, 2.05) is 83.8 Å². The molecule has 0 aliphatic heterocycles. The van der Waals surface area contributed by atoms with Crippen molar-refractivity contribution in [2.24, 2.45) is 10.1 Å². The molecule has 8 heteroatoms. The number of rotatable bonds is 11. The van der Waals surface area contributed by atoms with Crippen molar-refractivity contribution in [1.29, 1.82) is 0 Å². The van der Waals surface area contributed by atoms with E-state index >= 15 is 0 Å². The van der Waals surface area contributed by atoms with Crippen LogP contribution in [0.4, 0.5) is 0 Å². The van der Waals surface area contributed by atoms with Gasteiger partial charge in [-0.3, -0.25) is 15.1 Å². The molecule has 1 heterocycles. The first kappa shape index (κ1) is 26.7. The molecule has 0 saturated heterocycles. The van der Waals surface area contributed by atoms with Crippen LogP contribution in [0.5, 0.6) is 0 Å². The Labute approximate surface area is 216 Å². The van der Waals surface area contributed by atoms with E-state index in [1.54, 1.807) is 18.3 Å². The van der Waals surface area contributed by atoms with Gasteiger partial charge in [0.2, 0.25) is 11.9 Å². The number of hydrogen-bond donors (Lipinski definition) is 1. The summed E-state index contributed by atoms with van der Waals surface area (Å²) in [6.45, 7) is 1.56.